The van der Waals surface area contributed by atoms with Gasteiger partial charge in [0.1, 0.15) is 19.2 Å². The van der Waals surface area contributed by atoms with E-state index in [1.54, 1.807) is 31.5 Å². The number of aromatic nitrogens is 3. The molecule has 3 aromatic rings. The van der Waals surface area contributed by atoms with Gasteiger partial charge >= 0.3 is 0 Å². The minimum atomic E-state index is -2.50. The van der Waals surface area contributed by atoms with Gasteiger partial charge in [-0.1, -0.05) is 18.7 Å². The fraction of sp³-hybridized carbons (Fsp3) is 0.143. The van der Waals surface area contributed by atoms with Gasteiger partial charge in [0.25, 0.3) is 0 Å². The molecule has 0 spiro atoms. The zero-order valence-electron chi connectivity index (χ0n) is 17.4. The maximum atomic E-state index is 12.6. The number of para-hydroxylation sites is 1. The maximum Gasteiger partial charge on any atom is 0.247 e. The summed E-state index contributed by atoms with van der Waals surface area (Å²) in [5.74, 6) is 0.755. The number of benzene rings is 2. The molecule has 2 aromatic carbocycles. The summed E-state index contributed by atoms with van der Waals surface area (Å²) < 4.78 is 18.0. The Morgan fingerprint density at radius 3 is 2.39 bits per heavy atom. The monoisotopic (exact) mass is 438 g/mol. The Labute approximate surface area is 180 Å². The van der Waals surface area contributed by atoms with Crippen molar-refractivity contribution in [3.63, 3.8) is 0 Å². The number of anilines is 5. The van der Waals surface area contributed by atoms with Crippen LogP contribution in [-0.2, 0) is 9.36 Å². The van der Waals surface area contributed by atoms with Crippen molar-refractivity contribution in [2.75, 3.05) is 36.4 Å². The third kappa shape index (κ3) is 5.67. The lowest BCUT2D eigenvalue weighted by Gasteiger charge is -2.15. The first-order chi connectivity index (χ1) is 14.8. The van der Waals surface area contributed by atoms with Crippen molar-refractivity contribution in [2.45, 2.75) is 0 Å². The van der Waals surface area contributed by atoms with Crippen LogP contribution in [0.25, 0.3) is 0 Å². The first-order valence-corrected chi connectivity index (χ1v) is 11.9. The van der Waals surface area contributed by atoms with Gasteiger partial charge in [-0.05, 0) is 49.7 Å². The van der Waals surface area contributed by atoms with E-state index >= 15 is 0 Å². The highest BCUT2D eigenvalue weighted by Gasteiger charge is 2.16. The van der Waals surface area contributed by atoms with Crippen LogP contribution in [0.5, 0.6) is 5.75 Å². The standard InChI is InChI=1S/C21H23N6O3P/c1-5-19(28)24-14-10-11-17(30-2)16(12-14)26-21-23-13-22-20(27-21)25-15-8-6-7-9-18(15)31(3,4)29/h5-13H,1H2,2-4H3,(H,24,28)(H2,22,23,25,26,27). The van der Waals surface area contributed by atoms with Gasteiger partial charge in [-0.25, -0.2) is 9.97 Å². The van der Waals surface area contributed by atoms with Gasteiger partial charge in [0.15, 0.2) is 0 Å². The first kappa shape index (κ1) is 22.0. The molecular formula is C21H23N6O3P. The molecule has 0 atom stereocenters. The Kier molecular flexibility index (Phi) is 6.67. The van der Waals surface area contributed by atoms with Crippen molar-refractivity contribution in [1.29, 1.82) is 0 Å². The highest BCUT2D eigenvalue weighted by Crippen LogP contribution is 2.38. The van der Waals surface area contributed by atoms with Crippen LogP contribution in [0.15, 0.2) is 61.4 Å². The predicted molar refractivity (Wildman–Crippen MR) is 124 cm³/mol. The molecule has 0 aliphatic carbocycles. The van der Waals surface area contributed by atoms with Gasteiger partial charge in [0.05, 0.1) is 18.5 Å². The summed E-state index contributed by atoms with van der Waals surface area (Å²) in [6.45, 7) is 6.86. The zero-order valence-corrected chi connectivity index (χ0v) is 18.3. The molecule has 0 radical (unpaired) electrons. The molecule has 3 rings (SSSR count). The van der Waals surface area contributed by atoms with Crippen molar-refractivity contribution in [1.82, 2.24) is 15.0 Å². The number of rotatable bonds is 8. The normalized spacial score (nSPS) is 10.8. The van der Waals surface area contributed by atoms with Crippen LogP contribution < -0.4 is 26.0 Å². The Morgan fingerprint density at radius 2 is 1.74 bits per heavy atom. The van der Waals surface area contributed by atoms with E-state index in [9.17, 15) is 9.36 Å². The molecule has 0 aliphatic rings. The van der Waals surface area contributed by atoms with E-state index in [1.165, 1.54) is 19.5 Å². The molecule has 31 heavy (non-hydrogen) atoms. The number of ether oxygens (including phenoxy) is 1. The van der Waals surface area contributed by atoms with Gasteiger partial charge < -0.3 is 25.3 Å². The third-order valence-corrected chi connectivity index (χ3v) is 5.75. The molecule has 0 saturated heterocycles. The van der Waals surface area contributed by atoms with Gasteiger partial charge in [-0.15, -0.1) is 0 Å². The van der Waals surface area contributed by atoms with E-state index in [2.05, 4.69) is 37.5 Å². The van der Waals surface area contributed by atoms with E-state index < -0.39 is 7.14 Å². The summed E-state index contributed by atoms with van der Waals surface area (Å²) in [5, 5.41) is 9.57. The Balaban J connectivity index is 1.87. The maximum absolute atomic E-state index is 12.6. The van der Waals surface area contributed by atoms with Crippen molar-refractivity contribution >= 4 is 47.3 Å². The molecule has 1 amide bonds. The lowest BCUT2D eigenvalue weighted by molar-refractivity contribution is -0.111. The first-order valence-electron chi connectivity index (χ1n) is 9.29. The molecule has 160 valence electrons. The average molecular weight is 438 g/mol. The molecule has 0 unspecified atom stereocenters. The second-order valence-corrected chi connectivity index (χ2v) is 10.0. The fourth-order valence-electron chi connectivity index (χ4n) is 2.78. The smallest absolute Gasteiger partial charge is 0.247 e. The van der Waals surface area contributed by atoms with Crippen LogP contribution in [0.4, 0.5) is 29.0 Å². The van der Waals surface area contributed by atoms with E-state index in [0.717, 1.165) is 0 Å². The van der Waals surface area contributed by atoms with Gasteiger partial charge in [0, 0.05) is 11.0 Å². The summed E-state index contributed by atoms with van der Waals surface area (Å²) in [6.07, 6.45) is 2.54. The van der Waals surface area contributed by atoms with Crippen molar-refractivity contribution < 1.29 is 14.1 Å². The molecule has 0 fully saturated rings. The molecule has 9 nitrogen and oxygen atoms in total. The van der Waals surface area contributed by atoms with E-state index in [0.29, 0.717) is 28.1 Å². The Hall–Kier alpha value is -3.71. The number of methoxy groups -OCH3 is 1. The molecule has 0 saturated carbocycles. The summed E-state index contributed by atoms with van der Waals surface area (Å²) in [5.41, 5.74) is 1.77. The second kappa shape index (κ2) is 9.40. The van der Waals surface area contributed by atoms with Gasteiger partial charge in [-0.2, -0.15) is 4.98 Å². The van der Waals surface area contributed by atoms with E-state index in [-0.39, 0.29) is 17.8 Å². The van der Waals surface area contributed by atoms with Crippen LogP contribution in [0.1, 0.15) is 0 Å². The van der Waals surface area contributed by atoms with Gasteiger partial charge in [0.2, 0.25) is 17.8 Å². The highest BCUT2D eigenvalue weighted by atomic mass is 31.2. The quantitative estimate of drug-likeness (QED) is 0.360. The number of amides is 1. The average Bonchev–Trinajstić information content (AvgIpc) is 2.74. The predicted octanol–water partition coefficient (Wildman–Crippen LogP) is 3.74. The van der Waals surface area contributed by atoms with E-state index in [1.807, 2.05) is 24.3 Å². The number of carbonyl (C=O) groups is 1. The molecule has 0 aliphatic heterocycles. The molecule has 1 heterocycles. The number of hydrogen-bond acceptors (Lipinski definition) is 8. The lowest BCUT2D eigenvalue weighted by atomic mass is 10.2. The molecule has 1 aromatic heterocycles. The zero-order chi connectivity index (χ0) is 22.4. The molecule has 3 N–H and O–H groups in total. The topological polar surface area (TPSA) is 118 Å². The minimum absolute atomic E-state index is 0.261. The van der Waals surface area contributed by atoms with Crippen molar-refractivity contribution in [2.24, 2.45) is 0 Å². The number of nitrogens with one attached hydrogen (secondary N) is 3. The number of nitrogens with zero attached hydrogens (tertiary/aromatic N) is 3. The largest absolute Gasteiger partial charge is 0.495 e. The van der Waals surface area contributed by atoms with Crippen molar-refractivity contribution in [3.05, 3.63) is 61.4 Å². The highest BCUT2D eigenvalue weighted by molar-refractivity contribution is 7.70. The summed E-state index contributed by atoms with van der Waals surface area (Å²) >= 11 is 0. The molecule has 0 bridgehead atoms. The lowest BCUT2D eigenvalue weighted by Crippen LogP contribution is -2.11. The third-order valence-electron chi connectivity index (χ3n) is 4.20. The van der Waals surface area contributed by atoms with Crippen LogP contribution >= 0.6 is 7.14 Å². The van der Waals surface area contributed by atoms with Crippen molar-refractivity contribution in [3.8, 4) is 5.75 Å². The second-order valence-electron chi connectivity index (χ2n) is 6.86. The van der Waals surface area contributed by atoms with Crippen LogP contribution in [0.3, 0.4) is 0 Å². The summed E-state index contributed by atoms with van der Waals surface area (Å²) in [4.78, 5) is 24.2. The van der Waals surface area contributed by atoms with E-state index in [4.69, 9.17) is 4.74 Å². The summed E-state index contributed by atoms with van der Waals surface area (Å²) in [7, 11) is -0.962. The minimum Gasteiger partial charge on any atom is -0.495 e. The number of hydrogen-bond donors (Lipinski definition) is 3. The fourth-order valence-corrected chi connectivity index (χ4v) is 3.94. The molecular weight excluding hydrogens is 415 g/mol. The molecule has 10 heteroatoms. The number of carbonyl (C=O) groups excluding carboxylic acids is 1. The van der Waals surface area contributed by atoms with Crippen LogP contribution in [0.2, 0.25) is 0 Å². The SMILES string of the molecule is C=CC(=O)Nc1ccc(OC)c(Nc2ncnc(Nc3ccccc3P(C)(C)=O)n2)c1. The Bertz CT molecular complexity index is 1160. The summed E-state index contributed by atoms with van der Waals surface area (Å²) in [6, 6.07) is 12.4. The Morgan fingerprint density at radius 1 is 1.06 bits per heavy atom. The van der Waals surface area contributed by atoms with Crippen LogP contribution in [0, 0.1) is 0 Å². The van der Waals surface area contributed by atoms with Crippen LogP contribution in [-0.4, -0.2) is 41.3 Å². The van der Waals surface area contributed by atoms with Gasteiger partial charge in [-0.3, -0.25) is 4.79 Å².